The zero-order chi connectivity index (χ0) is 19.8. The van der Waals surface area contributed by atoms with Crippen LogP contribution < -0.4 is 15.5 Å². The summed E-state index contributed by atoms with van der Waals surface area (Å²) in [6.45, 7) is 7.78. The Morgan fingerprint density at radius 3 is 2.86 bits per heavy atom. The summed E-state index contributed by atoms with van der Waals surface area (Å²) >= 11 is 0. The van der Waals surface area contributed by atoms with Crippen molar-refractivity contribution in [3.05, 3.63) is 23.9 Å². The van der Waals surface area contributed by atoms with Gasteiger partial charge in [-0.2, -0.15) is 0 Å². The van der Waals surface area contributed by atoms with E-state index >= 15 is 0 Å². The van der Waals surface area contributed by atoms with Crippen molar-refractivity contribution in [2.75, 3.05) is 30.3 Å². The molecule has 1 saturated heterocycles. The summed E-state index contributed by atoms with van der Waals surface area (Å²) in [5, 5.41) is 7.27. The SMILES string of the molecule is CCNC(=NCc1ccnc(N2CCCC2)c1)NC1CCCC(S(=O)CC)C1. The van der Waals surface area contributed by atoms with Crippen LogP contribution in [0.2, 0.25) is 0 Å². The van der Waals surface area contributed by atoms with Crippen molar-refractivity contribution in [1.29, 1.82) is 0 Å². The zero-order valence-corrected chi connectivity index (χ0v) is 18.1. The third-order valence-corrected chi connectivity index (χ3v) is 7.37. The molecular weight excluding hydrogens is 370 g/mol. The number of hydrogen-bond donors (Lipinski definition) is 2. The number of hydrogen-bond acceptors (Lipinski definition) is 4. The molecule has 3 unspecified atom stereocenters. The van der Waals surface area contributed by atoms with E-state index in [9.17, 15) is 4.21 Å². The molecule has 156 valence electrons. The van der Waals surface area contributed by atoms with Crippen LogP contribution >= 0.6 is 0 Å². The van der Waals surface area contributed by atoms with Gasteiger partial charge in [0.2, 0.25) is 0 Å². The quantitative estimate of drug-likeness (QED) is 0.539. The van der Waals surface area contributed by atoms with Crippen molar-refractivity contribution in [2.45, 2.75) is 70.2 Å². The van der Waals surface area contributed by atoms with E-state index in [0.29, 0.717) is 17.8 Å². The first-order chi connectivity index (χ1) is 13.7. The van der Waals surface area contributed by atoms with Crippen molar-refractivity contribution in [3.63, 3.8) is 0 Å². The Balaban J connectivity index is 1.61. The smallest absolute Gasteiger partial charge is 0.191 e. The first kappa shape index (κ1) is 21.1. The van der Waals surface area contributed by atoms with Crippen molar-refractivity contribution >= 4 is 22.6 Å². The maximum atomic E-state index is 12.2. The first-order valence-electron chi connectivity index (χ1n) is 10.8. The monoisotopic (exact) mass is 405 g/mol. The van der Waals surface area contributed by atoms with Crippen LogP contribution in [0.1, 0.15) is 57.9 Å². The van der Waals surface area contributed by atoms with Gasteiger partial charge in [-0.1, -0.05) is 13.3 Å². The van der Waals surface area contributed by atoms with Gasteiger partial charge in [0, 0.05) is 53.7 Å². The summed E-state index contributed by atoms with van der Waals surface area (Å²) in [5.41, 5.74) is 1.18. The maximum Gasteiger partial charge on any atom is 0.191 e. The molecule has 1 aliphatic carbocycles. The lowest BCUT2D eigenvalue weighted by Crippen LogP contribution is -2.46. The molecule has 0 spiro atoms. The molecule has 1 aromatic heterocycles. The topological polar surface area (TPSA) is 69.6 Å². The molecule has 0 amide bonds. The fourth-order valence-electron chi connectivity index (χ4n) is 4.11. The van der Waals surface area contributed by atoms with Crippen molar-refractivity contribution in [2.24, 2.45) is 4.99 Å². The summed E-state index contributed by atoms with van der Waals surface area (Å²) in [6, 6.07) is 4.57. The van der Waals surface area contributed by atoms with Gasteiger partial charge in [0.1, 0.15) is 5.82 Å². The lowest BCUT2D eigenvalue weighted by atomic mass is 9.95. The van der Waals surface area contributed by atoms with Crippen molar-refractivity contribution < 1.29 is 4.21 Å². The molecule has 1 aromatic rings. The molecule has 0 bridgehead atoms. The second-order valence-corrected chi connectivity index (χ2v) is 9.72. The van der Waals surface area contributed by atoms with Gasteiger partial charge in [0.25, 0.3) is 0 Å². The fourth-order valence-corrected chi connectivity index (χ4v) is 5.46. The summed E-state index contributed by atoms with van der Waals surface area (Å²) in [6.07, 6.45) is 8.72. The molecule has 28 heavy (non-hydrogen) atoms. The van der Waals surface area contributed by atoms with Crippen LogP contribution in [0.4, 0.5) is 5.82 Å². The molecule has 0 aromatic carbocycles. The molecular formula is C21H35N5OS. The minimum atomic E-state index is -0.702. The number of aromatic nitrogens is 1. The fraction of sp³-hybridized carbons (Fsp3) is 0.714. The Morgan fingerprint density at radius 2 is 2.11 bits per heavy atom. The normalized spacial score (nSPS) is 24.2. The van der Waals surface area contributed by atoms with Crippen LogP contribution in [0, 0.1) is 0 Å². The Morgan fingerprint density at radius 1 is 1.29 bits per heavy atom. The number of anilines is 1. The number of nitrogens with zero attached hydrogens (tertiary/aromatic N) is 3. The van der Waals surface area contributed by atoms with E-state index in [1.54, 1.807) is 0 Å². The van der Waals surface area contributed by atoms with Gasteiger partial charge in [-0.05, 0) is 56.7 Å². The Kier molecular flexibility index (Phi) is 8.13. The second kappa shape index (κ2) is 10.8. The third kappa shape index (κ3) is 5.93. The van der Waals surface area contributed by atoms with Gasteiger partial charge in [0.05, 0.1) is 6.54 Å². The Bertz CT molecular complexity index is 675. The summed E-state index contributed by atoms with van der Waals surface area (Å²) in [7, 11) is -0.702. The van der Waals surface area contributed by atoms with Crippen LogP contribution in [-0.2, 0) is 17.3 Å². The molecule has 0 radical (unpaired) electrons. The predicted octanol–water partition coefficient (Wildman–Crippen LogP) is 2.82. The zero-order valence-electron chi connectivity index (χ0n) is 17.3. The summed E-state index contributed by atoms with van der Waals surface area (Å²) in [5.74, 6) is 2.68. The largest absolute Gasteiger partial charge is 0.357 e. The van der Waals surface area contributed by atoms with Gasteiger partial charge in [-0.15, -0.1) is 0 Å². The molecule has 2 aliphatic rings. The average Bonchev–Trinajstić information content (AvgIpc) is 3.27. The molecule has 7 heteroatoms. The summed E-state index contributed by atoms with van der Waals surface area (Å²) in [4.78, 5) is 11.7. The van der Waals surface area contributed by atoms with E-state index in [-0.39, 0.29) is 0 Å². The standard InChI is InChI=1S/C21H35N5OS/c1-3-22-21(25-18-8-7-9-19(15-18)28(27)4-2)24-16-17-10-11-23-20(14-17)26-12-5-6-13-26/h10-11,14,18-19H,3-9,12-13,15-16H2,1-2H3,(H2,22,24,25). The molecule has 1 saturated carbocycles. The minimum absolute atomic E-state index is 0.322. The molecule has 6 nitrogen and oxygen atoms in total. The van der Waals surface area contributed by atoms with Gasteiger partial charge >= 0.3 is 0 Å². The highest BCUT2D eigenvalue weighted by molar-refractivity contribution is 7.85. The van der Waals surface area contributed by atoms with Crippen LogP contribution in [0.5, 0.6) is 0 Å². The first-order valence-corrected chi connectivity index (χ1v) is 12.2. The third-order valence-electron chi connectivity index (χ3n) is 5.63. The maximum absolute atomic E-state index is 12.2. The number of pyridine rings is 1. The lowest BCUT2D eigenvalue weighted by molar-refractivity contribution is 0.413. The van der Waals surface area contributed by atoms with Crippen LogP contribution in [0.3, 0.4) is 0 Å². The van der Waals surface area contributed by atoms with Crippen LogP contribution in [0.15, 0.2) is 23.3 Å². The van der Waals surface area contributed by atoms with Crippen LogP contribution in [0.25, 0.3) is 0 Å². The molecule has 2 N–H and O–H groups in total. The van der Waals surface area contributed by atoms with E-state index < -0.39 is 10.8 Å². The highest BCUT2D eigenvalue weighted by Crippen LogP contribution is 2.23. The molecule has 3 atom stereocenters. The number of nitrogens with one attached hydrogen (secondary N) is 2. The second-order valence-electron chi connectivity index (χ2n) is 7.71. The van der Waals surface area contributed by atoms with Crippen molar-refractivity contribution in [3.8, 4) is 0 Å². The van der Waals surface area contributed by atoms with E-state index in [4.69, 9.17) is 4.99 Å². The van der Waals surface area contributed by atoms with E-state index in [2.05, 4.69) is 33.5 Å². The highest BCUT2D eigenvalue weighted by atomic mass is 32.2. The minimum Gasteiger partial charge on any atom is -0.357 e. The van der Waals surface area contributed by atoms with E-state index in [1.165, 1.54) is 18.4 Å². The Hall–Kier alpha value is -1.63. The number of guanidine groups is 1. The average molecular weight is 406 g/mol. The Labute approximate surface area is 172 Å². The number of rotatable bonds is 7. The highest BCUT2D eigenvalue weighted by Gasteiger charge is 2.26. The van der Waals surface area contributed by atoms with Crippen LogP contribution in [-0.4, -0.2) is 51.8 Å². The van der Waals surface area contributed by atoms with E-state index in [1.807, 2.05) is 19.2 Å². The lowest BCUT2D eigenvalue weighted by Gasteiger charge is -2.30. The van der Waals surface area contributed by atoms with E-state index in [0.717, 1.165) is 62.8 Å². The molecule has 2 heterocycles. The summed E-state index contributed by atoms with van der Waals surface area (Å²) < 4.78 is 12.2. The van der Waals surface area contributed by atoms with Gasteiger partial charge < -0.3 is 15.5 Å². The van der Waals surface area contributed by atoms with Gasteiger partial charge in [-0.3, -0.25) is 4.21 Å². The molecule has 1 aliphatic heterocycles. The molecule has 2 fully saturated rings. The molecule has 3 rings (SSSR count). The van der Waals surface area contributed by atoms with Gasteiger partial charge in [-0.25, -0.2) is 9.98 Å². The van der Waals surface area contributed by atoms with Gasteiger partial charge in [0.15, 0.2) is 5.96 Å². The number of aliphatic imine (C=N–C) groups is 1. The predicted molar refractivity (Wildman–Crippen MR) is 118 cm³/mol. The van der Waals surface area contributed by atoms with Crippen molar-refractivity contribution in [1.82, 2.24) is 15.6 Å².